The fraction of sp³-hybridized carbons (Fsp3) is 0.647. The molecule has 20 heavy (non-hydrogen) atoms. The van der Waals surface area contributed by atoms with Crippen LogP contribution in [0.15, 0.2) is 18.2 Å². The molecule has 1 aliphatic rings. The zero-order valence-electron chi connectivity index (χ0n) is 13.2. The molecule has 1 saturated heterocycles. The first kappa shape index (κ1) is 15.5. The second-order valence-corrected chi connectivity index (χ2v) is 5.93. The van der Waals surface area contributed by atoms with Gasteiger partial charge in [0.1, 0.15) is 0 Å². The van der Waals surface area contributed by atoms with E-state index in [-0.39, 0.29) is 0 Å². The van der Waals surface area contributed by atoms with E-state index >= 15 is 0 Å². The van der Waals surface area contributed by atoms with E-state index in [0.29, 0.717) is 12.6 Å². The summed E-state index contributed by atoms with van der Waals surface area (Å²) in [4.78, 5) is 5.14. The Bertz CT molecular complexity index is 402. The highest BCUT2D eigenvalue weighted by Crippen LogP contribution is 2.27. The summed E-state index contributed by atoms with van der Waals surface area (Å²) >= 11 is 0. The van der Waals surface area contributed by atoms with Crippen molar-refractivity contribution in [3.63, 3.8) is 0 Å². The normalized spacial score (nSPS) is 19.2. The van der Waals surface area contributed by atoms with Crippen molar-refractivity contribution < 1.29 is 0 Å². The van der Waals surface area contributed by atoms with E-state index in [0.717, 1.165) is 13.1 Å². The molecule has 0 bridgehead atoms. The SMILES string of the molecule is CCCN1CCN(C(CN)c2c(C)cccc2C)CC1. The Morgan fingerprint density at radius 3 is 2.20 bits per heavy atom. The van der Waals surface area contributed by atoms with Gasteiger partial charge in [-0.1, -0.05) is 25.1 Å². The van der Waals surface area contributed by atoms with Crippen LogP contribution in [0.4, 0.5) is 0 Å². The number of piperazine rings is 1. The average Bonchev–Trinajstić information content (AvgIpc) is 2.45. The van der Waals surface area contributed by atoms with Gasteiger partial charge >= 0.3 is 0 Å². The lowest BCUT2D eigenvalue weighted by Gasteiger charge is -2.40. The van der Waals surface area contributed by atoms with Crippen molar-refractivity contribution in [2.45, 2.75) is 33.2 Å². The van der Waals surface area contributed by atoms with E-state index in [2.05, 4.69) is 48.8 Å². The zero-order valence-corrected chi connectivity index (χ0v) is 13.2. The Morgan fingerprint density at radius 1 is 1.10 bits per heavy atom. The quantitative estimate of drug-likeness (QED) is 0.895. The van der Waals surface area contributed by atoms with Gasteiger partial charge in [-0.05, 0) is 43.5 Å². The fourth-order valence-electron chi connectivity index (χ4n) is 3.42. The number of hydrogen-bond acceptors (Lipinski definition) is 3. The molecule has 1 aliphatic heterocycles. The lowest BCUT2D eigenvalue weighted by Crippen LogP contribution is -2.49. The lowest BCUT2D eigenvalue weighted by atomic mass is 9.94. The third-order valence-corrected chi connectivity index (χ3v) is 4.49. The summed E-state index contributed by atoms with van der Waals surface area (Å²) in [6, 6.07) is 6.93. The Balaban J connectivity index is 2.10. The van der Waals surface area contributed by atoms with Crippen LogP contribution in [0, 0.1) is 13.8 Å². The van der Waals surface area contributed by atoms with E-state index in [1.54, 1.807) is 0 Å². The van der Waals surface area contributed by atoms with Gasteiger partial charge in [-0.25, -0.2) is 0 Å². The van der Waals surface area contributed by atoms with Gasteiger partial charge in [0.25, 0.3) is 0 Å². The minimum Gasteiger partial charge on any atom is -0.329 e. The molecule has 2 rings (SSSR count). The van der Waals surface area contributed by atoms with Crippen LogP contribution in [0.2, 0.25) is 0 Å². The van der Waals surface area contributed by atoms with Crippen molar-refractivity contribution in [1.82, 2.24) is 9.80 Å². The molecule has 0 saturated carbocycles. The van der Waals surface area contributed by atoms with Gasteiger partial charge in [0.05, 0.1) is 0 Å². The molecule has 0 spiro atoms. The molecular formula is C17H29N3. The summed E-state index contributed by atoms with van der Waals surface area (Å²) in [5.74, 6) is 0. The van der Waals surface area contributed by atoms with E-state index in [4.69, 9.17) is 5.73 Å². The first-order chi connectivity index (χ1) is 9.67. The van der Waals surface area contributed by atoms with E-state index in [9.17, 15) is 0 Å². The third kappa shape index (κ3) is 3.40. The maximum Gasteiger partial charge on any atom is 0.0476 e. The minimum atomic E-state index is 0.375. The zero-order chi connectivity index (χ0) is 14.5. The van der Waals surface area contributed by atoms with Gasteiger partial charge in [-0.2, -0.15) is 0 Å². The van der Waals surface area contributed by atoms with Crippen molar-refractivity contribution in [3.05, 3.63) is 34.9 Å². The Morgan fingerprint density at radius 2 is 1.70 bits per heavy atom. The molecule has 1 aromatic carbocycles. The van der Waals surface area contributed by atoms with Crippen molar-refractivity contribution >= 4 is 0 Å². The van der Waals surface area contributed by atoms with Crippen LogP contribution in [-0.4, -0.2) is 49.1 Å². The number of rotatable bonds is 5. The van der Waals surface area contributed by atoms with Gasteiger partial charge < -0.3 is 10.6 Å². The van der Waals surface area contributed by atoms with Gasteiger partial charge in [0.2, 0.25) is 0 Å². The second-order valence-electron chi connectivity index (χ2n) is 5.93. The van der Waals surface area contributed by atoms with Crippen LogP contribution in [0.5, 0.6) is 0 Å². The van der Waals surface area contributed by atoms with Gasteiger partial charge in [0, 0.05) is 38.8 Å². The van der Waals surface area contributed by atoms with Crippen molar-refractivity contribution in [1.29, 1.82) is 0 Å². The third-order valence-electron chi connectivity index (χ3n) is 4.49. The van der Waals surface area contributed by atoms with Crippen molar-refractivity contribution in [3.8, 4) is 0 Å². The molecule has 1 aromatic rings. The topological polar surface area (TPSA) is 32.5 Å². The number of hydrogen-bond donors (Lipinski definition) is 1. The number of aryl methyl sites for hydroxylation is 2. The summed E-state index contributed by atoms with van der Waals surface area (Å²) in [5, 5.41) is 0. The molecule has 3 nitrogen and oxygen atoms in total. The largest absolute Gasteiger partial charge is 0.329 e. The minimum absolute atomic E-state index is 0.375. The van der Waals surface area contributed by atoms with Crippen LogP contribution >= 0.6 is 0 Å². The predicted molar refractivity (Wildman–Crippen MR) is 86.0 cm³/mol. The molecular weight excluding hydrogens is 246 g/mol. The smallest absolute Gasteiger partial charge is 0.0476 e. The molecule has 1 atom stereocenters. The summed E-state index contributed by atoms with van der Waals surface area (Å²) in [6.45, 7) is 13.2. The van der Waals surface area contributed by atoms with Crippen LogP contribution in [-0.2, 0) is 0 Å². The second kappa shape index (κ2) is 7.21. The van der Waals surface area contributed by atoms with Crippen LogP contribution < -0.4 is 5.73 Å². The monoisotopic (exact) mass is 275 g/mol. The molecule has 2 N–H and O–H groups in total. The number of nitrogens with two attached hydrogens (primary N) is 1. The Labute approximate surface area is 123 Å². The highest BCUT2D eigenvalue weighted by atomic mass is 15.3. The number of benzene rings is 1. The maximum atomic E-state index is 6.11. The standard InChI is InChI=1S/C17H29N3/c1-4-8-19-9-11-20(12-10-19)16(13-18)17-14(2)6-5-7-15(17)3/h5-7,16H,4,8-13,18H2,1-3H3. The predicted octanol–water partition coefficient (Wildman–Crippen LogP) is 2.33. The molecule has 3 heteroatoms. The van der Waals surface area contributed by atoms with E-state index in [1.807, 2.05) is 0 Å². The lowest BCUT2D eigenvalue weighted by molar-refractivity contribution is 0.0981. The summed E-state index contributed by atoms with van der Waals surface area (Å²) in [5.41, 5.74) is 10.3. The Kier molecular flexibility index (Phi) is 5.58. The highest BCUT2D eigenvalue weighted by Gasteiger charge is 2.25. The molecule has 1 fully saturated rings. The average molecular weight is 275 g/mol. The molecule has 1 unspecified atom stereocenters. The van der Waals surface area contributed by atoms with Crippen molar-refractivity contribution in [2.75, 3.05) is 39.3 Å². The summed E-state index contributed by atoms with van der Waals surface area (Å²) in [7, 11) is 0. The van der Waals surface area contributed by atoms with Crippen LogP contribution in [0.1, 0.15) is 36.1 Å². The summed E-state index contributed by atoms with van der Waals surface area (Å²) < 4.78 is 0. The Hall–Kier alpha value is -0.900. The van der Waals surface area contributed by atoms with Crippen LogP contribution in [0.3, 0.4) is 0 Å². The maximum absolute atomic E-state index is 6.11. The molecule has 0 aliphatic carbocycles. The molecule has 1 heterocycles. The molecule has 112 valence electrons. The fourth-order valence-corrected chi connectivity index (χ4v) is 3.42. The van der Waals surface area contributed by atoms with Gasteiger partial charge in [0.15, 0.2) is 0 Å². The van der Waals surface area contributed by atoms with Crippen molar-refractivity contribution in [2.24, 2.45) is 5.73 Å². The highest BCUT2D eigenvalue weighted by molar-refractivity contribution is 5.36. The number of nitrogens with zero attached hydrogens (tertiary/aromatic N) is 2. The first-order valence-electron chi connectivity index (χ1n) is 7.90. The first-order valence-corrected chi connectivity index (χ1v) is 7.90. The van der Waals surface area contributed by atoms with Gasteiger partial charge in [-0.15, -0.1) is 0 Å². The van der Waals surface area contributed by atoms with Gasteiger partial charge in [-0.3, -0.25) is 4.90 Å². The molecule has 0 amide bonds. The van der Waals surface area contributed by atoms with Crippen LogP contribution in [0.25, 0.3) is 0 Å². The van der Waals surface area contributed by atoms with E-state index < -0.39 is 0 Å². The molecule has 0 aromatic heterocycles. The molecule has 0 radical (unpaired) electrons. The summed E-state index contributed by atoms with van der Waals surface area (Å²) in [6.07, 6.45) is 1.25. The van der Waals surface area contributed by atoms with E-state index in [1.165, 1.54) is 42.7 Å².